The Hall–Kier alpha value is -0.620. The normalized spacial score (nSPS) is 32.0. The molecule has 0 amide bonds. The predicted molar refractivity (Wildman–Crippen MR) is 35.2 cm³/mol. The quantitative estimate of drug-likeness (QED) is 0.446. The Morgan fingerprint density at radius 3 is 2.36 bits per heavy atom. The van der Waals surface area contributed by atoms with Crippen molar-refractivity contribution in [3.05, 3.63) is 0 Å². The summed E-state index contributed by atoms with van der Waals surface area (Å²) >= 11 is 0. The molecule has 1 aliphatic rings. The lowest BCUT2D eigenvalue weighted by Crippen LogP contribution is -2.24. The lowest BCUT2D eigenvalue weighted by atomic mass is 10.2. The molecule has 0 aromatic rings. The summed E-state index contributed by atoms with van der Waals surface area (Å²) in [6.45, 7) is 1.53. The zero-order valence-corrected chi connectivity index (χ0v) is 6.67. The van der Waals surface area contributed by atoms with Crippen LogP contribution in [0.25, 0.3) is 0 Å². The Morgan fingerprint density at radius 2 is 2.18 bits per heavy atom. The second-order valence-corrected chi connectivity index (χ2v) is 4.05. The molecule has 6 heteroatoms. The second-order valence-electron chi connectivity index (χ2n) is 2.55. The van der Waals surface area contributed by atoms with Crippen LogP contribution >= 0.6 is 0 Å². The van der Waals surface area contributed by atoms with E-state index in [2.05, 4.69) is 4.74 Å². The summed E-state index contributed by atoms with van der Waals surface area (Å²) in [7, 11) is -4.23. The molecular formula is C5H8O5S. The fourth-order valence-corrected chi connectivity index (χ4v) is 1.92. The summed E-state index contributed by atoms with van der Waals surface area (Å²) in [6, 6.07) is 0. The number of carbonyl (C=O) groups excluding carboxylic acids is 1. The summed E-state index contributed by atoms with van der Waals surface area (Å²) in [5.74, 6) is -1.04. The molecule has 1 N–H and O–H groups in total. The monoisotopic (exact) mass is 180 g/mol. The van der Waals surface area contributed by atoms with E-state index < -0.39 is 27.4 Å². The van der Waals surface area contributed by atoms with Crippen molar-refractivity contribution in [2.75, 3.05) is 0 Å². The largest absolute Gasteiger partial charge is 0.443 e. The van der Waals surface area contributed by atoms with Gasteiger partial charge in [0.15, 0.2) is 0 Å². The van der Waals surface area contributed by atoms with Gasteiger partial charge in [-0.3, -0.25) is 9.35 Å². The molecule has 0 aromatic carbocycles. The highest BCUT2D eigenvalue weighted by Gasteiger charge is 2.40. The molecule has 1 saturated heterocycles. The maximum absolute atomic E-state index is 10.5. The molecule has 5 nitrogen and oxygen atoms in total. The first-order valence-electron chi connectivity index (χ1n) is 3.07. The summed E-state index contributed by atoms with van der Waals surface area (Å²) in [5, 5.41) is 0. The van der Waals surface area contributed by atoms with E-state index in [0.29, 0.717) is 0 Å². The van der Waals surface area contributed by atoms with Gasteiger partial charge in [0.25, 0.3) is 0 Å². The fraction of sp³-hybridized carbons (Fsp3) is 0.800. The first kappa shape index (κ1) is 8.48. The van der Waals surface area contributed by atoms with Gasteiger partial charge in [-0.2, -0.15) is 8.42 Å². The van der Waals surface area contributed by atoms with Crippen molar-refractivity contribution in [3.8, 4) is 0 Å². The molecule has 11 heavy (non-hydrogen) atoms. The number of ether oxygens (including phenoxy) is 1. The molecule has 0 aromatic heterocycles. The van der Waals surface area contributed by atoms with Gasteiger partial charge in [-0.1, -0.05) is 6.92 Å². The molecule has 0 bridgehead atoms. The molecule has 0 radical (unpaired) electrons. The molecule has 2 unspecified atom stereocenters. The minimum absolute atomic E-state index is 0.0461. The van der Waals surface area contributed by atoms with E-state index in [-0.39, 0.29) is 6.42 Å². The van der Waals surface area contributed by atoms with Gasteiger partial charge in [-0.05, 0) is 0 Å². The SMILES string of the molecule is CC1CC(=O)OC1S(=O)(=O)O. The number of esters is 1. The maximum atomic E-state index is 10.5. The number of hydrogen-bond acceptors (Lipinski definition) is 4. The third-order valence-electron chi connectivity index (χ3n) is 1.49. The topological polar surface area (TPSA) is 80.7 Å². The molecule has 1 rings (SSSR count). The smallest absolute Gasteiger partial charge is 0.307 e. The van der Waals surface area contributed by atoms with Gasteiger partial charge in [0, 0.05) is 5.92 Å². The highest BCUT2D eigenvalue weighted by molar-refractivity contribution is 7.86. The Balaban J connectivity index is 2.84. The van der Waals surface area contributed by atoms with E-state index in [4.69, 9.17) is 4.55 Å². The van der Waals surface area contributed by atoms with Crippen LogP contribution in [0.15, 0.2) is 0 Å². The van der Waals surface area contributed by atoms with Crippen LogP contribution in [0, 0.1) is 5.92 Å². The summed E-state index contributed by atoms with van der Waals surface area (Å²) in [6.07, 6.45) is 0.0461. The van der Waals surface area contributed by atoms with Gasteiger partial charge in [0.05, 0.1) is 6.42 Å². The van der Waals surface area contributed by atoms with Crippen LogP contribution in [-0.4, -0.2) is 24.4 Å². The van der Waals surface area contributed by atoms with E-state index in [1.807, 2.05) is 0 Å². The molecule has 1 heterocycles. The number of carbonyl (C=O) groups is 1. The van der Waals surface area contributed by atoms with Gasteiger partial charge in [-0.15, -0.1) is 0 Å². The number of hydrogen-bond donors (Lipinski definition) is 1. The van der Waals surface area contributed by atoms with Crippen LogP contribution in [-0.2, 0) is 19.6 Å². The van der Waals surface area contributed by atoms with Crippen LogP contribution in [0.4, 0.5) is 0 Å². The Kier molecular flexibility index (Phi) is 1.89. The van der Waals surface area contributed by atoms with E-state index >= 15 is 0 Å². The zero-order valence-electron chi connectivity index (χ0n) is 5.85. The van der Waals surface area contributed by atoms with E-state index in [9.17, 15) is 13.2 Å². The molecule has 0 aliphatic carbocycles. The predicted octanol–water partition coefficient (Wildman–Crippen LogP) is -0.217. The summed E-state index contributed by atoms with van der Waals surface area (Å²) < 4.78 is 33.8. The minimum atomic E-state index is -4.23. The molecule has 0 spiro atoms. The van der Waals surface area contributed by atoms with Crippen molar-refractivity contribution in [3.63, 3.8) is 0 Å². The van der Waals surface area contributed by atoms with Gasteiger partial charge in [0.1, 0.15) is 0 Å². The Bertz CT molecular complexity index is 267. The lowest BCUT2D eigenvalue weighted by molar-refractivity contribution is -0.139. The van der Waals surface area contributed by atoms with Crippen LogP contribution < -0.4 is 0 Å². The summed E-state index contributed by atoms with van der Waals surface area (Å²) in [5.41, 5.74) is -1.37. The fourth-order valence-electron chi connectivity index (χ4n) is 1.01. The summed E-state index contributed by atoms with van der Waals surface area (Å²) in [4.78, 5) is 10.5. The van der Waals surface area contributed by atoms with Gasteiger partial charge < -0.3 is 4.74 Å². The third-order valence-corrected chi connectivity index (χ3v) is 2.64. The lowest BCUT2D eigenvalue weighted by Gasteiger charge is -2.08. The van der Waals surface area contributed by atoms with Crippen LogP contribution in [0.5, 0.6) is 0 Å². The average molecular weight is 180 g/mol. The number of cyclic esters (lactones) is 1. The van der Waals surface area contributed by atoms with Gasteiger partial charge in [0.2, 0.25) is 5.44 Å². The molecule has 1 fully saturated rings. The van der Waals surface area contributed by atoms with Crippen LogP contribution in [0.1, 0.15) is 13.3 Å². The maximum Gasteiger partial charge on any atom is 0.307 e. The van der Waals surface area contributed by atoms with Crippen LogP contribution in [0.2, 0.25) is 0 Å². The molecule has 64 valence electrons. The first-order chi connectivity index (χ1) is 4.91. The van der Waals surface area contributed by atoms with Crippen molar-refractivity contribution < 1.29 is 22.5 Å². The number of rotatable bonds is 1. The Labute approximate surface area is 64.1 Å². The van der Waals surface area contributed by atoms with Gasteiger partial charge >= 0.3 is 16.1 Å². The molecule has 1 aliphatic heterocycles. The van der Waals surface area contributed by atoms with E-state index in [0.717, 1.165) is 0 Å². The standard InChI is InChI=1S/C5H8O5S/c1-3-2-4(6)10-5(3)11(7,8)9/h3,5H,2H2,1H3,(H,7,8,9). The van der Waals surface area contributed by atoms with Crippen LogP contribution in [0.3, 0.4) is 0 Å². The average Bonchev–Trinajstić information content (AvgIpc) is 2.08. The Morgan fingerprint density at radius 1 is 1.64 bits per heavy atom. The molecule has 0 saturated carbocycles. The van der Waals surface area contributed by atoms with Gasteiger partial charge in [-0.25, -0.2) is 0 Å². The van der Waals surface area contributed by atoms with Crippen molar-refractivity contribution in [1.82, 2.24) is 0 Å². The van der Waals surface area contributed by atoms with E-state index in [1.165, 1.54) is 6.92 Å². The minimum Gasteiger partial charge on any atom is -0.443 e. The zero-order chi connectivity index (χ0) is 8.65. The van der Waals surface area contributed by atoms with Crippen molar-refractivity contribution in [1.29, 1.82) is 0 Å². The molecule has 2 atom stereocenters. The third kappa shape index (κ3) is 1.69. The highest BCUT2D eigenvalue weighted by atomic mass is 32.2. The van der Waals surface area contributed by atoms with Crippen molar-refractivity contribution >= 4 is 16.1 Å². The first-order valence-corrected chi connectivity index (χ1v) is 4.57. The van der Waals surface area contributed by atoms with Crippen molar-refractivity contribution in [2.24, 2.45) is 5.92 Å². The van der Waals surface area contributed by atoms with E-state index in [1.54, 1.807) is 0 Å². The molecular weight excluding hydrogens is 172 g/mol. The van der Waals surface area contributed by atoms with Crippen molar-refractivity contribution in [2.45, 2.75) is 18.8 Å². The highest BCUT2D eigenvalue weighted by Crippen LogP contribution is 2.24. The second kappa shape index (κ2) is 2.46.